The predicted molar refractivity (Wildman–Crippen MR) is 78.2 cm³/mol. The number of halogens is 1. The minimum Gasteiger partial charge on any atom is -0.350 e. The van der Waals surface area contributed by atoms with Crippen LogP contribution in [0.1, 0.15) is 37.8 Å². The van der Waals surface area contributed by atoms with Crippen LogP contribution >= 0.6 is 11.6 Å². The highest BCUT2D eigenvalue weighted by molar-refractivity contribution is 6.30. The molecule has 0 saturated carbocycles. The van der Waals surface area contributed by atoms with E-state index in [-0.39, 0.29) is 11.9 Å². The van der Waals surface area contributed by atoms with Crippen molar-refractivity contribution in [2.75, 3.05) is 13.1 Å². The van der Waals surface area contributed by atoms with E-state index >= 15 is 0 Å². The highest BCUT2D eigenvalue weighted by atomic mass is 35.5. The van der Waals surface area contributed by atoms with Crippen LogP contribution in [0.4, 0.5) is 0 Å². The third-order valence-electron chi connectivity index (χ3n) is 3.68. The van der Waals surface area contributed by atoms with Crippen LogP contribution in [0.15, 0.2) is 24.3 Å². The first-order valence-electron chi connectivity index (χ1n) is 6.90. The fraction of sp³-hybridized carbons (Fsp3) is 0.533. The van der Waals surface area contributed by atoms with E-state index in [2.05, 4.69) is 10.6 Å². The van der Waals surface area contributed by atoms with Crippen LogP contribution in [0.3, 0.4) is 0 Å². The lowest BCUT2D eigenvalue weighted by atomic mass is 9.94. The van der Waals surface area contributed by atoms with Crippen molar-refractivity contribution in [2.45, 2.75) is 32.2 Å². The maximum absolute atomic E-state index is 12.0. The van der Waals surface area contributed by atoms with E-state index in [1.165, 1.54) is 0 Å². The van der Waals surface area contributed by atoms with E-state index in [0.29, 0.717) is 12.3 Å². The van der Waals surface area contributed by atoms with Crippen LogP contribution in [-0.2, 0) is 4.79 Å². The van der Waals surface area contributed by atoms with Gasteiger partial charge in [-0.3, -0.25) is 4.79 Å². The molecule has 104 valence electrons. The third-order valence-corrected chi connectivity index (χ3v) is 3.93. The van der Waals surface area contributed by atoms with Gasteiger partial charge in [-0.1, -0.05) is 23.7 Å². The fourth-order valence-corrected chi connectivity index (χ4v) is 2.61. The number of hydrogen-bond donors (Lipinski definition) is 2. The number of piperidine rings is 1. The van der Waals surface area contributed by atoms with Crippen molar-refractivity contribution in [1.82, 2.24) is 10.6 Å². The molecule has 0 aromatic heterocycles. The molecule has 1 amide bonds. The van der Waals surface area contributed by atoms with Crippen molar-refractivity contribution in [2.24, 2.45) is 5.92 Å². The summed E-state index contributed by atoms with van der Waals surface area (Å²) >= 11 is 5.86. The van der Waals surface area contributed by atoms with Gasteiger partial charge in [0, 0.05) is 11.4 Å². The van der Waals surface area contributed by atoms with Crippen LogP contribution in [0, 0.1) is 5.92 Å². The molecule has 1 heterocycles. The summed E-state index contributed by atoms with van der Waals surface area (Å²) in [7, 11) is 0. The maximum atomic E-state index is 12.0. The van der Waals surface area contributed by atoms with Crippen molar-refractivity contribution >= 4 is 17.5 Å². The molecule has 19 heavy (non-hydrogen) atoms. The maximum Gasteiger partial charge on any atom is 0.220 e. The zero-order valence-electron chi connectivity index (χ0n) is 11.3. The Morgan fingerprint density at radius 2 is 2.00 bits per heavy atom. The molecule has 1 aromatic rings. The summed E-state index contributed by atoms with van der Waals surface area (Å²) in [6, 6.07) is 7.65. The lowest BCUT2D eigenvalue weighted by Gasteiger charge is -2.23. The summed E-state index contributed by atoms with van der Waals surface area (Å²) in [6.45, 7) is 4.07. The molecule has 2 rings (SSSR count). The van der Waals surface area contributed by atoms with Gasteiger partial charge in [-0.25, -0.2) is 0 Å². The number of rotatable bonds is 4. The Morgan fingerprint density at radius 1 is 1.37 bits per heavy atom. The van der Waals surface area contributed by atoms with Crippen molar-refractivity contribution in [3.8, 4) is 0 Å². The van der Waals surface area contributed by atoms with Gasteiger partial charge in [-0.2, -0.15) is 0 Å². The second-order valence-corrected chi connectivity index (χ2v) is 5.67. The first-order valence-corrected chi connectivity index (χ1v) is 7.28. The Bertz CT molecular complexity index is 413. The van der Waals surface area contributed by atoms with Crippen molar-refractivity contribution in [3.05, 3.63) is 34.9 Å². The van der Waals surface area contributed by atoms with Crippen LogP contribution in [-0.4, -0.2) is 19.0 Å². The second kappa shape index (κ2) is 6.92. The number of nitrogens with one attached hydrogen (secondary N) is 2. The molecular weight excluding hydrogens is 260 g/mol. The number of carbonyl (C=O) groups excluding carboxylic acids is 1. The van der Waals surface area contributed by atoms with Gasteiger partial charge >= 0.3 is 0 Å². The highest BCUT2D eigenvalue weighted by Crippen LogP contribution is 2.18. The van der Waals surface area contributed by atoms with Gasteiger partial charge in [0.2, 0.25) is 5.91 Å². The molecule has 3 nitrogen and oxygen atoms in total. The SMILES string of the molecule is CC(NC(=O)CC1CCNCC1)c1ccc(Cl)cc1. The summed E-state index contributed by atoms with van der Waals surface area (Å²) < 4.78 is 0. The number of carbonyl (C=O) groups is 1. The summed E-state index contributed by atoms with van der Waals surface area (Å²) in [6.07, 6.45) is 2.84. The molecule has 2 N–H and O–H groups in total. The van der Waals surface area contributed by atoms with Gasteiger partial charge in [0.1, 0.15) is 0 Å². The predicted octanol–water partition coefficient (Wildman–Crippen LogP) is 2.91. The van der Waals surface area contributed by atoms with Crippen molar-refractivity contribution < 1.29 is 4.79 Å². The van der Waals surface area contributed by atoms with E-state index < -0.39 is 0 Å². The Hall–Kier alpha value is -1.06. The molecule has 4 heteroatoms. The largest absolute Gasteiger partial charge is 0.350 e. The Kier molecular flexibility index (Phi) is 5.23. The van der Waals surface area contributed by atoms with Gasteiger partial charge in [0.25, 0.3) is 0 Å². The molecule has 1 unspecified atom stereocenters. The number of hydrogen-bond acceptors (Lipinski definition) is 2. The van der Waals surface area contributed by atoms with Crippen LogP contribution in [0.2, 0.25) is 5.02 Å². The zero-order valence-corrected chi connectivity index (χ0v) is 12.0. The molecule has 0 aliphatic carbocycles. The quantitative estimate of drug-likeness (QED) is 0.890. The summed E-state index contributed by atoms with van der Waals surface area (Å²) in [4.78, 5) is 12.0. The Labute approximate surface area is 119 Å². The monoisotopic (exact) mass is 280 g/mol. The average Bonchev–Trinajstić information content (AvgIpc) is 2.40. The van der Waals surface area contributed by atoms with Crippen LogP contribution in [0.25, 0.3) is 0 Å². The molecule has 1 aliphatic rings. The van der Waals surface area contributed by atoms with Crippen molar-refractivity contribution in [3.63, 3.8) is 0 Å². The summed E-state index contributed by atoms with van der Waals surface area (Å²) in [5, 5.41) is 7.10. The number of benzene rings is 1. The molecule has 0 bridgehead atoms. The summed E-state index contributed by atoms with van der Waals surface area (Å²) in [5.41, 5.74) is 1.09. The highest BCUT2D eigenvalue weighted by Gasteiger charge is 2.18. The van der Waals surface area contributed by atoms with E-state index in [9.17, 15) is 4.79 Å². The molecule has 1 fully saturated rings. The molecule has 1 saturated heterocycles. The topological polar surface area (TPSA) is 41.1 Å². The van der Waals surface area contributed by atoms with Gasteiger partial charge in [0.15, 0.2) is 0 Å². The third kappa shape index (κ3) is 4.51. The zero-order chi connectivity index (χ0) is 13.7. The van der Waals surface area contributed by atoms with Crippen LogP contribution in [0.5, 0.6) is 0 Å². The minimum atomic E-state index is 0.0338. The van der Waals surface area contributed by atoms with Gasteiger partial charge in [-0.05, 0) is 56.5 Å². The standard InChI is InChI=1S/C15H21ClN2O/c1-11(13-2-4-14(16)5-3-13)18-15(19)10-12-6-8-17-9-7-12/h2-5,11-12,17H,6-10H2,1H3,(H,18,19). The molecular formula is C15H21ClN2O. The van der Waals surface area contributed by atoms with Gasteiger partial charge in [-0.15, -0.1) is 0 Å². The Morgan fingerprint density at radius 3 is 2.63 bits per heavy atom. The first-order chi connectivity index (χ1) is 9.15. The average molecular weight is 281 g/mol. The summed E-state index contributed by atoms with van der Waals surface area (Å²) in [5.74, 6) is 0.674. The minimum absolute atomic E-state index is 0.0338. The lowest BCUT2D eigenvalue weighted by molar-refractivity contribution is -0.122. The molecule has 1 aliphatic heterocycles. The smallest absolute Gasteiger partial charge is 0.220 e. The van der Waals surface area contributed by atoms with E-state index in [0.717, 1.165) is 36.5 Å². The molecule has 0 spiro atoms. The lowest BCUT2D eigenvalue weighted by Crippen LogP contribution is -2.33. The van der Waals surface area contributed by atoms with E-state index in [4.69, 9.17) is 11.6 Å². The normalized spacial score (nSPS) is 18.0. The number of amides is 1. The van der Waals surface area contributed by atoms with Crippen LogP contribution < -0.4 is 10.6 Å². The van der Waals surface area contributed by atoms with E-state index in [1.807, 2.05) is 31.2 Å². The van der Waals surface area contributed by atoms with Gasteiger partial charge in [0.05, 0.1) is 6.04 Å². The van der Waals surface area contributed by atoms with Gasteiger partial charge < -0.3 is 10.6 Å². The van der Waals surface area contributed by atoms with Crippen molar-refractivity contribution in [1.29, 1.82) is 0 Å². The molecule has 1 aromatic carbocycles. The molecule has 0 radical (unpaired) electrons. The molecule has 1 atom stereocenters. The van der Waals surface area contributed by atoms with E-state index in [1.54, 1.807) is 0 Å². The Balaban J connectivity index is 1.82. The fourth-order valence-electron chi connectivity index (χ4n) is 2.48. The first kappa shape index (κ1) is 14.4. The second-order valence-electron chi connectivity index (χ2n) is 5.24.